The topological polar surface area (TPSA) is 67.5 Å². The van der Waals surface area contributed by atoms with Crippen LogP contribution in [0.2, 0.25) is 0 Å². The van der Waals surface area contributed by atoms with Crippen molar-refractivity contribution < 1.29 is 4.79 Å². The number of benzene rings is 2. The first kappa shape index (κ1) is 14.1. The minimum Gasteiger partial charge on any atom is -0.386 e. The van der Waals surface area contributed by atoms with E-state index >= 15 is 0 Å². The molecule has 0 heterocycles. The van der Waals surface area contributed by atoms with Crippen molar-refractivity contribution in [1.29, 1.82) is 0 Å². The highest BCUT2D eigenvalue weighted by Crippen LogP contribution is 2.17. The summed E-state index contributed by atoms with van der Waals surface area (Å²) in [7, 11) is 0. The Hall–Kier alpha value is -2.33. The molecule has 0 bridgehead atoms. The van der Waals surface area contributed by atoms with E-state index in [1.807, 2.05) is 18.2 Å². The summed E-state index contributed by atoms with van der Waals surface area (Å²) in [5.41, 5.74) is 7.55. The van der Waals surface area contributed by atoms with Crippen molar-refractivity contribution in [3.63, 3.8) is 0 Å². The van der Waals surface area contributed by atoms with Gasteiger partial charge in [0.1, 0.15) is 5.84 Å². The number of amidine groups is 1. The Labute approximate surface area is 122 Å². The standard InChI is InChI=1S/C15H14ClN3O/c16-10-14(17)18-12-6-8-13(9-7-12)19-15(20)11-4-2-1-3-5-11/h1-9H,10H2,(H2,17,18)(H,19,20). The SMILES string of the molecule is NC(CCl)=Nc1ccc(NC(=O)c2ccccc2)cc1. The lowest BCUT2D eigenvalue weighted by Crippen LogP contribution is -2.12. The van der Waals surface area contributed by atoms with Crippen molar-refractivity contribution >= 4 is 34.7 Å². The smallest absolute Gasteiger partial charge is 0.255 e. The molecule has 0 fully saturated rings. The number of halogens is 1. The van der Waals surface area contributed by atoms with E-state index in [4.69, 9.17) is 17.3 Å². The van der Waals surface area contributed by atoms with Crippen LogP contribution in [0.5, 0.6) is 0 Å². The highest BCUT2D eigenvalue weighted by atomic mass is 35.5. The summed E-state index contributed by atoms with van der Waals surface area (Å²) in [6.07, 6.45) is 0. The van der Waals surface area contributed by atoms with Crippen LogP contribution in [0.3, 0.4) is 0 Å². The van der Waals surface area contributed by atoms with E-state index in [1.54, 1.807) is 36.4 Å². The molecule has 0 aliphatic carbocycles. The third-order valence-electron chi connectivity index (χ3n) is 2.57. The van der Waals surface area contributed by atoms with Gasteiger partial charge >= 0.3 is 0 Å². The van der Waals surface area contributed by atoms with Gasteiger partial charge in [0, 0.05) is 11.3 Å². The molecule has 3 N–H and O–H groups in total. The van der Waals surface area contributed by atoms with Crippen molar-refractivity contribution in [1.82, 2.24) is 0 Å². The van der Waals surface area contributed by atoms with E-state index in [9.17, 15) is 4.79 Å². The second kappa shape index (κ2) is 6.73. The Balaban J connectivity index is 2.06. The zero-order chi connectivity index (χ0) is 14.4. The molecule has 0 saturated heterocycles. The van der Waals surface area contributed by atoms with Crippen molar-refractivity contribution in [2.45, 2.75) is 0 Å². The van der Waals surface area contributed by atoms with Crippen LogP contribution in [-0.4, -0.2) is 17.6 Å². The Morgan fingerprint density at radius 3 is 2.35 bits per heavy atom. The molecule has 0 unspecified atom stereocenters. The van der Waals surface area contributed by atoms with Crippen molar-refractivity contribution in [3.8, 4) is 0 Å². The molecule has 0 aliphatic rings. The number of hydrogen-bond donors (Lipinski definition) is 2. The number of nitrogens with one attached hydrogen (secondary N) is 1. The molecule has 2 aromatic rings. The summed E-state index contributed by atoms with van der Waals surface area (Å²) in [6, 6.07) is 16.1. The van der Waals surface area contributed by atoms with Crippen LogP contribution in [-0.2, 0) is 0 Å². The predicted octanol–water partition coefficient (Wildman–Crippen LogP) is 3.17. The van der Waals surface area contributed by atoms with Crippen LogP contribution in [0.1, 0.15) is 10.4 Å². The quantitative estimate of drug-likeness (QED) is 0.515. The van der Waals surface area contributed by atoms with Gasteiger partial charge in [-0.25, -0.2) is 4.99 Å². The van der Waals surface area contributed by atoms with Crippen molar-refractivity contribution in [3.05, 3.63) is 60.2 Å². The molecular weight excluding hydrogens is 274 g/mol. The number of carbonyl (C=O) groups is 1. The largest absolute Gasteiger partial charge is 0.386 e. The average molecular weight is 288 g/mol. The molecule has 0 aliphatic heterocycles. The van der Waals surface area contributed by atoms with E-state index in [0.29, 0.717) is 22.8 Å². The van der Waals surface area contributed by atoms with Gasteiger partial charge in [0.05, 0.1) is 11.6 Å². The summed E-state index contributed by atoms with van der Waals surface area (Å²) < 4.78 is 0. The molecule has 102 valence electrons. The maximum absolute atomic E-state index is 11.9. The van der Waals surface area contributed by atoms with Crippen molar-refractivity contribution in [2.75, 3.05) is 11.2 Å². The number of aliphatic imine (C=N–C) groups is 1. The van der Waals surface area contributed by atoms with Crippen LogP contribution in [0.15, 0.2) is 59.6 Å². The van der Waals surface area contributed by atoms with E-state index in [1.165, 1.54) is 0 Å². The third-order valence-corrected chi connectivity index (χ3v) is 2.84. The molecule has 20 heavy (non-hydrogen) atoms. The summed E-state index contributed by atoms with van der Waals surface area (Å²) in [4.78, 5) is 16.1. The summed E-state index contributed by atoms with van der Waals surface area (Å²) in [6.45, 7) is 0. The number of carbonyl (C=O) groups excluding carboxylic acids is 1. The molecule has 0 aromatic heterocycles. The Morgan fingerprint density at radius 2 is 1.75 bits per heavy atom. The first-order valence-corrected chi connectivity index (χ1v) is 6.58. The number of rotatable bonds is 4. The molecular formula is C15H14ClN3O. The van der Waals surface area contributed by atoms with Gasteiger partial charge in [0.25, 0.3) is 5.91 Å². The minimum absolute atomic E-state index is 0.151. The first-order chi connectivity index (χ1) is 9.69. The fourth-order valence-corrected chi connectivity index (χ4v) is 1.67. The zero-order valence-corrected chi connectivity index (χ0v) is 11.5. The summed E-state index contributed by atoms with van der Waals surface area (Å²) >= 11 is 5.56. The van der Waals surface area contributed by atoms with Gasteiger partial charge in [-0.05, 0) is 36.4 Å². The Kier molecular flexibility index (Phi) is 4.74. The lowest BCUT2D eigenvalue weighted by Gasteiger charge is -2.05. The van der Waals surface area contributed by atoms with Crippen LogP contribution in [0.4, 0.5) is 11.4 Å². The number of nitrogens with zero attached hydrogens (tertiary/aromatic N) is 1. The molecule has 0 radical (unpaired) electrons. The van der Waals surface area contributed by atoms with Gasteiger partial charge in [0.15, 0.2) is 0 Å². The fraction of sp³-hybridized carbons (Fsp3) is 0.0667. The average Bonchev–Trinajstić information content (AvgIpc) is 2.50. The number of anilines is 1. The summed E-state index contributed by atoms with van der Waals surface area (Å²) in [5.74, 6) is 0.391. The first-order valence-electron chi connectivity index (χ1n) is 6.04. The normalized spacial score (nSPS) is 11.2. The van der Waals surface area contributed by atoms with Crippen LogP contribution in [0.25, 0.3) is 0 Å². The van der Waals surface area contributed by atoms with Gasteiger partial charge in [-0.1, -0.05) is 18.2 Å². The lowest BCUT2D eigenvalue weighted by atomic mass is 10.2. The van der Waals surface area contributed by atoms with Gasteiger partial charge in [-0.15, -0.1) is 11.6 Å². The maximum atomic E-state index is 11.9. The van der Waals surface area contributed by atoms with E-state index in [-0.39, 0.29) is 11.8 Å². The van der Waals surface area contributed by atoms with Crippen LogP contribution < -0.4 is 11.1 Å². The highest BCUT2D eigenvalue weighted by molar-refractivity contribution is 6.28. The molecule has 0 saturated carbocycles. The number of nitrogens with two attached hydrogens (primary N) is 1. The molecule has 0 spiro atoms. The van der Waals surface area contributed by atoms with Crippen LogP contribution in [0, 0.1) is 0 Å². The Morgan fingerprint density at radius 1 is 1.10 bits per heavy atom. The maximum Gasteiger partial charge on any atom is 0.255 e. The van der Waals surface area contributed by atoms with Crippen LogP contribution >= 0.6 is 11.6 Å². The third kappa shape index (κ3) is 3.83. The van der Waals surface area contributed by atoms with E-state index in [2.05, 4.69) is 10.3 Å². The molecule has 1 amide bonds. The van der Waals surface area contributed by atoms with Gasteiger partial charge in [-0.2, -0.15) is 0 Å². The zero-order valence-electron chi connectivity index (χ0n) is 10.7. The van der Waals surface area contributed by atoms with Gasteiger partial charge in [0.2, 0.25) is 0 Å². The monoisotopic (exact) mass is 287 g/mol. The number of hydrogen-bond acceptors (Lipinski definition) is 2. The van der Waals surface area contributed by atoms with Crippen molar-refractivity contribution in [2.24, 2.45) is 10.7 Å². The molecule has 0 atom stereocenters. The lowest BCUT2D eigenvalue weighted by molar-refractivity contribution is 0.102. The molecule has 4 nitrogen and oxygen atoms in total. The highest BCUT2D eigenvalue weighted by Gasteiger charge is 2.04. The molecule has 5 heteroatoms. The minimum atomic E-state index is -0.151. The van der Waals surface area contributed by atoms with E-state index < -0.39 is 0 Å². The Bertz CT molecular complexity index is 609. The second-order valence-electron chi connectivity index (χ2n) is 4.10. The van der Waals surface area contributed by atoms with Gasteiger partial charge in [-0.3, -0.25) is 4.79 Å². The summed E-state index contributed by atoms with van der Waals surface area (Å²) in [5, 5.41) is 2.81. The number of alkyl halides is 1. The van der Waals surface area contributed by atoms with Gasteiger partial charge < -0.3 is 11.1 Å². The molecule has 2 aromatic carbocycles. The molecule has 2 rings (SSSR count). The number of amides is 1. The predicted molar refractivity (Wildman–Crippen MR) is 82.8 cm³/mol. The van der Waals surface area contributed by atoms with E-state index in [0.717, 1.165) is 0 Å². The second-order valence-corrected chi connectivity index (χ2v) is 4.37. The fourth-order valence-electron chi connectivity index (χ4n) is 1.61.